The van der Waals surface area contributed by atoms with Gasteiger partial charge in [-0.25, -0.2) is 0 Å². The van der Waals surface area contributed by atoms with Crippen molar-refractivity contribution in [2.75, 3.05) is 33.2 Å². The maximum Gasteiger partial charge on any atom is 0.0638 e. The number of hydrogen-bond acceptors (Lipinski definition) is 4. The lowest BCUT2D eigenvalue weighted by molar-refractivity contribution is 0.148. The van der Waals surface area contributed by atoms with Crippen LogP contribution in [0.4, 0.5) is 0 Å². The molecule has 0 radical (unpaired) electrons. The zero-order chi connectivity index (χ0) is 15.1. The molecular formula is C17H26N4. The van der Waals surface area contributed by atoms with Crippen LogP contribution >= 0.6 is 0 Å². The molecule has 1 unspecified atom stereocenters. The topological polar surface area (TPSA) is 42.3 Å². The van der Waals surface area contributed by atoms with E-state index in [0.29, 0.717) is 6.42 Å². The molecule has 21 heavy (non-hydrogen) atoms. The van der Waals surface area contributed by atoms with Gasteiger partial charge in [0.15, 0.2) is 0 Å². The average Bonchev–Trinajstić information content (AvgIpc) is 2.49. The molecule has 0 bridgehead atoms. The lowest BCUT2D eigenvalue weighted by Crippen LogP contribution is -2.43. The van der Waals surface area contributed by atoms with Gasteiger partial charge in [0.2, 0.25) is 0 Å². The molecule has 1 aliphatic rings. The van der Waals surface area contributed by atoms with E-state index in [1.807, 2.05) is 6.92 Å². The van der Waals surface area contributed by atoms with E-state index in [1.54, 1.807) is 0 Å². The Bertz CT molecular complexity index is 455. The van der Waals surface area contributed by atoms with Gasteiger partial charge in [-0.05, 0) is 25.1 Å². The molecule has 0 aliphatic carbocycles. The third-order valence-corrected chi connectivity index (χ3v) is 4.08. The quantitative estimate of drug-likeness (QED) is 0.866. The Morgan fingerprint density at radius 3 is 2.38 bits per heavy atom. The molecule has 1 aromatic rings. The summed E-state index contributed by atoms with van der Waals surface area (Å²) in [7, 11) is 2.19. The lowest BCUT2D eigenvalue weighted by atomic mass is 10.1. The van der Waals surface area contributed by atoms with Crippen LogP contribution in [-0.4, -0.2) is 49.1 Å². The summed E-state index contributed by atoms with van der Waals surface area (Å²) in [6.07, 6.45) is 0.557. The Labute approximate surface area is 128 Å². The largest absolute Gasteiger partial charge is 0.309 e. The first kappa shape index (κ1) is 16.0. The summed E-state index contributed by atoms with van der Waals surface area (Å²) < 4.78 is 0. The highest BCUT2D eigenvalue weighted by molar-refractivity contribution is 5.22. The lowest BCUT2D eigenvalue weighted by Gasteiger charge is -2.32. The number of piperazine rings is 1. The molecule has 4 nitrogen and oxygen atoms in total. The molecule has 1 N–H and O–H groups in total. The van der Waals surface area contributed by atoms with Crippen LogP contribution in [0.15, 0.2) is 24.3 Å². The number of benzene rings is 1. The van der Waals surface area contributed by atoms with E-state index in [1.165, 1.54) is 24.2 Å². The maximum absolute atomic E-state index is 8.64. The average molecular weight is 286 g/mol. The number of rotatable bonds is 6. The smallest absolute Gasteiger partial charge is 0.0638 e. The summed E-state index contributed by atoms with van der Waals surface area (Å²) in [6.45, 7) is 8.57. The van der Waals surface area contributed by atoms with E-state index >= 15 is 0 Å². The number of likely N-dealkylation sites (N-methyl/N-ethyl adjacent to an activating group) is 1. The van der Waals surface area contributed by atoms with Crippen molar-refractivity contribution in [3.05, 3.63) is 35.4 Å². The fourth-order valence-electron chi connectivity index (χ4n) is 2.53. The number of hydrogen-bond donors (Lipinski definition) is 1. The van der Waals surface area contributed by atoms with Crippen LogP contribution in [0.3, 0.4) is 0 Å². The van der Waals surface area contributed by atoms with Crippen molar-refractivity contribution in [2.24, 2.45) is 0 Å². The predicted octanol–water partition coefficient (Wildman–Crippen LogP) is 1.83. The molecule has 1 heterocycles. The van der Waals surface area contributed by atoms with Crippen molar-refractivity contribution in [2.45, 2.75) is 32.5 Å². The minimum absolute atomic E-state index is 0.250. The molecule has 1 fully saturated rings. The first-order valence-electron chi connectivity index (χ1n) is 7.76. The van der Waals surface area contributed by atoms with Gasteiger partial charge in [0.25, 0.3) is 0 Å². The van der Waals surface area contributed by atoms with Gasteiger partial charge in [-0.15, -0.1) is 0 Å². The van der Waals surface area contributed by atoms with E-state index in [0.717, 1.165) is 26.2 Å². The zero-order valence-corrected chi connectivity index (χ0v) is 13.2. The zero-order valence-electron chi connectivity index (χ0n) is 13.2. The van der Waals surface area contributed by atoms with Crippen LogP contribution < -0.4 is 5.32 Å². The van der Waals surface area contributed by atoms with Gasteiger partial charge in [-0.1, -0.05) is 24.3 Å². The van der Waals surface area contributed by atoms with Crippen LogP contribution in [-0.2, 0) is 13.1 Å². The fourth-order valence-corrected chi connectivity index (χ4v) is 2.53. The van der Waals surface area contributed by atoms with Crippen molar-refractivity contribution in [1.82, 2.24) is 15.1 Å². The second-order valence-electron chi connectivity index (χ2n) is 6.04. The highest BCUT2D eigenvalue weighted by Crippen LogP contribution is 2.10. The van der Waals surface area contributed by atoms with Crippen LogP contribution in [0.25, 0.3) is 0 Å². The molecule has 1 atom stereocenters. The third kappa shape index (κ3) is 5.47. The highest BCUT2D eigenvalue weighted by Gasteiger charge is 2.13. The molecule has 1 aliphatic heterocycles. The number of nitriles is 1. The Morgan fingerprint density at radius 1 is 1.14 bits per heavy atom. The van der Waals surface area contributed by atoms with E-state index in [-0.39, 0.29) is 6.04 Å². The Morgan fingerprint density at radius 2 is 1.76 bits per heavy atom. The monoisotopic (exact) mass is 286 g/mol. The van der Waals surface area contributed by atoms with Crippen LogP contribution in [0.1, 0.15) is 24.5 Å². The molecule has 0 saturated carbocycles. The van der Waals surface area contributed by atoms with E-state index < -0.39 is 0 Å². The molecule has 0 amide bonds. The summed E-state index contributed by atoms with van der Waals surface area (Å²) in [6, 6.07) is 11.3. The molecule has 1 aromatic carbocycles. The molecule has 1 saturated heterocycles. The van der Waals surface area contributed by atoms with Gasteiger partial charge in [-0.3, -0.25) is 4.90 Å². The first-order valence-corrected chi connectivity index (χ1v) is 7.76. The van der Waals surface area contributed by atoms with Gasteiger partial charge in [-0.2, -0.15) is 5.26 Å². The van der Waals surface area contributed by atoms with Crippen LogP contribution in [0, 0.1) is 11.3 Å². The van der Waals surface area contributed by atoms with E-state index in [9.17, 15) is 0 Å². The van der Waals surface area contributed by atoms with Crippen molar-refractivity contribution in [3.63, 3.8) is 0 Å². The number of nitrogens with zero attached hydrogens (tertiary/aromatic N) is 3. The Balaban J connectivity index is 1.78. The van der Waals surface area contributed by atoms with Crippen molar-refractivity contribution in [3.8, 4) is 6.07 Å². The van der Waals surface area contributed by atoms with E-state index in [4.69, 9.17) is 5.26 Å². The summed E-state index contributed by atoms with van der Waals surface area (Å²) in [5, 5.41) is 12.0. The summed E-state index contributed by atoms with van der Waals surface area (Å²) in [5.41, 5.74) is 2.66. The Hall–Kier alpha value is -1.41. The fraction of sp³-hybridized carbons (Fsp3) is 0.588. The van der Waals surface area contributed by atoms with Crippen LogP contribution in [0.5, 0.6) is 0 Å². The van der Waals surface area contributed by atoms with Crippen molar-refractivity contribution < 1.29 is 0 Å². The predicted molar refractivity (Wildman–Crippen MR) is 85.7 cm³/mol. The highest BCUT2D eigenvalue weighted by atomic mass is 15.2. The molecule has 114 valence electrons. The molecule has 4 heteroatoms. The molecule has 0 aromatic heterocycles. The summed E-state index contributed by atoms with van der Waals surface area (Å²) in [4.78, 5) is 4.90. The maximum atomic E-state index is 8.64. The SMILES string of the molecule is CC(CC#N)NCc1ccc(CN2CCN(C)CC2)cc1. The molecule has 2 rings (SSSR count). The standard InChI is InChI=1S/C17H26N4/c1-15(7-8-18)19-13-16-3-5-17(6-4-16)14-21-11-9-20(2)10-12-21/h3-6,15,19H,7,9-14H2,1-2H3. The van der Waals surface area contributed by atoms with Gasteiger partial charge in [0.1, 0.15) is 0 Å². The summed E-state index contributed by atoms with van der Waals surface area (Å²) in [5.74, 6) is 0. The van der Waals surface area contributed by atoms with Gasteiger partial charge in [0.05, 0.1) is 12.5 Å². The van der Waals surface area contributed by atoms with Gasteiger partial charge in [0, 0.05) is 45.3 Å². The van der Waals surface area contributed by atoms with Gasteiger partial charge < -0.3 is 10.2 Å². The van der Waals surface area contributed by atoms with E-state index in [2.05, 4.69) is 52.5 Å². The first-order chi connectivity index (χ1) is 10.2. The summed E-state index contributed by atoms with van der Waals surface area (Å²) >= 11 is 0. The third-order valence-electron chi connectivity index (χ3n) is 4.08. The van der Waals surface area contributed by atoms with Crippen LogP contribution in [0.2, 0.25) is 0 Å². The normalized spacial score (nSPS) is 18.3. The second kappa shape index (κ2) is 8.14. The van der Waals surface area contributed by atoms with Crippen molar-refractivity contribution >= 4 is 0 Å². The Kier molecular flexibility index (Phi) is 6.19. The van der Waals surface area contributed by atoms with Crippen molar-refractivity contribution in [1.29, 1.82) is 5.26 Å². The minimum atomic E-state index is 0.250. The second-order valence-corrected chi connectivity index (χ2v) is 6.04. The minimum Gasteiger partial charge on any atom is -0.309 e. The number of nitrogens with one attached hydrogen (secondary N) is 1. The van der Waals surface area contributed by atoms with Gasteiger partial charge >= 0.3 is 0 Å². The molecule has 0 spiro atoms. The molecular weight excluding hydrogens is 260 g/mol.